The minimum atomic E-state index is -0.486. The lowest BCUT2D eigenvalue weighted by Crippen LogP contribution is -3.14. The average molecular weight is 429 g/mol. The monoisotopic (exact) mass is 428 g/mol. The number of benzene rings is 2. The lowest BCUT2D eigenvalue weighted by Gasteiger charge is -2.32. The largest absolute Gasteiger partial charge is 0.450 e. The lowest BCUT2D eigenvalue weighted by molar-refractivity contribution is -0.907. The molecule has 0 aliphatic carbocycles. The van der Waals surface area contributed by atoms with Crippen LogP contribution in [0.2, 0.25) is 0 Å². The van der Waals surface area contributed by atoms with Gasteiger partial charge in [-0.3, -0.25) is 15.0 Å². The van der Waals surface area contributed by atoms with E-state index in [1.807, 2.05) is 41.3 Å². The Kier molecular flexibility index (Phi) is 6.56. The van der Waals surface area contributed by atoms with Crippen molar-refractivity contribution in [3.05, 3.63) is 42.5 Å². The van der Waals surface area contributed by atoms with E-state index in [2.05, 4.69) is 5.32 Å². The molecule has 2 aliphatic heterocycles. The Morgan fingerprint density at radius 2 is 1.90 bits per heavy atom. The summed E-state index contributed by atoms with van der Waals surface area (Å²) in [7, 11) is 0. The summed E-state index contributed by atoms with van der Waals surface area (Å²) in [6.45, 7) is 6.27. The minimum absolute atomic E-state index is 0.0779. The van der Waals surface area contributed by atoms with Crippen molar-refractivity contribution in [2.75, 3.05) is 49.7 Å². The Morgan fingerprint density at radius 3 is 2.70 bits per heavy atom. The average Bonchev–Trinajstić information content (AvgIpc) is 2.76. The van der Waals surface area contributed by atoms with Gasteiger partial charge in [0.05, 0.1) is 44.2 Å². The first-order valence-corrected chi connectivity index (χ1v) is 11.1. The first-order valence-electron chi connectivity index (χ1n) is 10.2. The van der Waals surface area contributed by atoms with Crippen LogP contribution in [0.5, 0.6) is 0 Å². The van der Waals surface area contributed by atoms with E-state index in [0.29, 0.717) is 18.7 Å². The van der Waals surface area contributed by atoms with Gasteiger partial charge in [0, 0.05) is 15.5 Å². The predicted octanol–water partition coefficient (Wildman–Crippen LogP) is 2.69. The summed E-state index contributed by atoms with van der Waals surface area (Å²) in [5.74, 6) is 0.0779. The van der Waals surface area contributed by atoms with Crippen LogP contribution in [0.3, 0.4) is 0 Å². The highest BCUT2D eigenvalue weighted by molar-refractivity contribution is 7.99. The van der Waals surface area contributed by atoms with Crippen molar-refractivity contribution in [1.29, 1.82) is 0 Å². The molecule has 2 heterocycles. The van der Waals surface area contributed by atoms with Crippen molar-refractivity contribution >= 4 is 40.8 Å². The van der Waals surface area contributed by atoms with Crippen molar-refractivity contribution in [2.45, 2.75) is 23.1 Å². The first kappa shape index (κ1) is 20.7. The van der Waals surface area contributed by atoms with E-state index in [0.717, 1.165) is 54.0 Å². The molecule has 0 atom stereocenters. The fourth-order valence-electron chi connectivity index (χ4n) is 3.69. The number of carbonyl (C=O) groups is 2. The van der Waals surface area contributed by atoms with Crippen LogP contribution in [-0.4, -0.2) is 51.5 Å². The fraction of sp³-hybridized carbons (Fsp3) is 0.364. The van der Waals surface area contributed by atoms with Crippen molar-refractivity contribution in [3.63, 3.8) is 0 Å². The van der Waals surface area contributed by atoms with Gasteiger partial charge in [-0.1, -0.05) is 23.9 Å². The van der Waals surface area contributed by atoms with Gasteiger partial charge in [0.15, 0.2) is 0 Å². The number of hydrogen-bond donors (Lipinski definition) is 2. The molecule has 158 valence electrons. The highest BCUT2D eigenvalue weighted by Gasteiger charge is 2.29. The Labute approximate surface area is 180 Å². The summed E-state index contributed by atoms with van der Waals surface area (Å²) in [6.07, 6.45) is -0.0172. The van der Waals surface area contributed by atoms with Gasteiger partial charge in [-0.15, -0.1) is 0 Å². The van der Waals surface area contributed by atoms with E-state index in [4.69, 9.17) is 9.47 Å². The van der Waals surface area contributed by atoms with Crippen LogP contribution >= 0.6 is 11.8 Å². The number of amides is 2. The maximum Gasteiger partial charge on any atom is 0.411 e. The molecule has 0 aromatic heterocycles. The van der Waals surface area contributed by atoms with E-state index in [-0.39, 0.29) is 5.91 Å². The van der Waals surface area contributed by atoms with Crippen LogP contribution in [0.25, 0.3) is 0 Å². The zero-order valence-corrected chi connectivity index (χ0v) is 17.8. The predicted molar refractivity (Wildman–Crippen MR) is 116 cm³/mol. The van der Waals surface area contributed by atoms with E-state index in [9.17, 15) is 9.59 Å². The van der Waals surface area contributed by atoms with Gasteiger partial charge < -0.3 is 14.4 Å². The molecule has 0 radical (unpaired) electrons. The number of morpholine rings is 1. The number of quaternary nitrogens is 1. The summed E-state index contributed by atoms with van der Waals surface area (Å²) >= 11 is 1.60. The maximum absolute atomic E-state index is 13.3. The van der Waals surface area contributed by atoms with Crippen molar-refractivity contribution in [2.24, 2.45) is 0 Å². The molecule has 7 nitrogen and oxygen atoms in total. The molecule has 1 fully saturated rings. The van der Waals surface area contributed by atoms with Gasteiger partial charge in [-0.05, 0) is 37.3 Å². The molecule has 8 heteroatoms. The Balaban J connectivity index is 1.57. The molecule has 0 saturated carbocycles. The van der Waals surface area contributed by atoms with Gasteiger partial charge in [-0.25, -0.2) is 4.79 Å². The zero-order valence-electron chi connectivity index (χ0n) is 17.0. The number of ether oxygens (including phenoxy) is 2. The van der Waals surface area contributed by atoms with Crippen LogP contribution in [0.15, 0.2) is 52.3 Å². The third-order valence-corrected chi connectivity index (χ3v) is 6.30. The Hall–Kier alpha value is -2.55. The second-order valence-corrected chi connectivity index (χ2v) is 8.27. The molecule has 1 saturated heterocycles. The molecule has 2 aliphatic rings. The quantitative estimate of drug-likeness (QED) is 0.766. The van der Waals surface area contributed by atoms with E-state index in [1.54, 1.807) is 24.8 Å². The third-order valence-electron chi connectivity index (χ3n) is 5.19. The molecular weight excluding hydrogens is 402 g/mol. The van der Waals surface area contributed by atoms with Crippen molar-refractivity contribution in [3.8, 4) is 0 Å². The molecule has 0 bridgehead atoms. The topological polar surface area (TPSA) is 72.3 Å². The number of rotatable bonds is 5. The minimum Gasteiger partial charge on any atom is -0.450 e. The molecule has 0 unspecified atom stereocenters. The fourth-order valence-corrected chi connectivity index (χ4v) is 4.79. The van der Waals surface area contributed by atoms with Gasteiger partial charge >= 0.3 is 6.09 Å². The van der Waals surface area contributed by atoms with Crippen LogP contribution in [0.4, 0.5) is 21.9 Å². The summed E-state index contributed by atoms with van der Waals surface area (Å²) in [6, 6.07) is 13.5. The zero-order chi connectivity index (χ0) is 20.9. The molecule has 0 spiro atoms. The first-order chi connectivity index (χ1) is 14.7. The van der Waals surface area contributed by atoms with Gasteiger partial charge in [-0.2, -0.15) is 0 Å². The van der Waals surface area contributed by atoms with Gasteiger partial charge in [0.1, 0.15) is 13.1 Å². The van der Waals surface area contributed by atoms with Gasteiger partial charge in [0.25, 0.3) is 0 Å². The summed E-state index contributed by atoms with van der Waals surface area (Å²) in [4.78, 5) is 30.2. The highest BCUT2D eigenvalue weighted by atomic mass is 32.2. The molecule has 2 aromatic rings. The SMILES string of the molecule is CCOC(=O)Nc1ccc2c(c1)Sc1ccccc1N2C(=O)CC[NH+]1CCOCC1. The number of para-hydroxylation sites is 1. The number of anilines is 3. The summed E-state index contributed by atoms with van der Waals surface area (Å²) in [5.41, 5.74) is 2.39. The normalized spacial score (nSPS) is 15.8. The highest BCUT2D eigenvalue weighted by Crippen LogP contribution is 2.49. The van der Waals surface area contributed by atoms with Crippen LogP contribution in [-0.2, 0) is 14.3 Å². The van der Waals surface area contributed by atoms with Crippen LogP contribution < -0.4 is 15.1 Å². The van der Waals surface area contributed by atoms with Gasteiger partial charge in [0.2, 0.25) is 5.91 Å². The summed E-state index contributed by atoms with van der Waals surface area (Å²) < 4.78 is 10.4. The van der Waals surface area contributed by atoms with E-state index in [1.165, 1.54) is 4.90 Å². The van der Waals surface area contributed by atoms with E-state index >= 15 is 0 Å². The molecular formula is C22H26N3O4S+. The smallest absolute Gasteiger partial charge is 0.411 e. The van der Waals surface area contributed by atoms with Crippen LogP contribution in [0, 0.1) is 0 Å². The molecule has 30 heavy (non-hydrogen) atoms. The van der Waals surface area contributed by atoms with E-state index < -0.39 is 6.09 Å². The number of carbonyl (C=O) groups excluding carboxylic acids is 2. The number of nitrogens with one attached hydrogen (secondary N) is 2. The number of hydrogen-bond acceptors (Lipinski definition) is 5. The standard InChI is InChI=1S/C22H25N3O4S/c1-2-29-22(27)23-16-7-8-18-20(15-16)30-19-6-4-3-5-17(19)25(18)21(26)9-10-24-11-13-28-14-12-24/h3-8,15H,2,9-14H2,1H3,(H,23,27)/p+1. The maximum atomic E-state index is 13.3. The second kappa shape index (κ2) is 9.51. The number of fused-ring (bicyclic) bond motifs is 2. The Bertz CT molecular complexity index is 930. The molecule has 2 aromatic carbocycles. The number of nitrogens with zero attached hydrogens (tertiary/aromatic N) is 1. The Morgan fingerprint density at radius 1 is 1.13 bits per heavy atom. The second-order valence-electron chi connectivity index (χ2n) is 7.19. The van der Waals surface area contributed by atoms with Crippen LogP contribution in [0.1, 0.15) is 13.3 Å². The lowest BCUT2D eigenvalue weighted by atomic mass is 10.2. The molecule has 2 amide bonds. The third kappa shape index (κ3) is 4.61. The summed E-state index contributed by atoms with van der Waals surface area (Å²) in [5, 5.41) is 2.74. The molecule has 2 N–H and O–H groups in total. The van der Waals surface area contributed by atoms with Crippen molar-refractivity contribution in [1.82, 2.24) is 0 Å². The van der Waals surface area contributed by atoms with Crippen molar-refractivity contribution < 1.29 is 24.0 Å². The molecule has 4 rings (SSSR count).